The third-order valence-corrected chi connectivity index (χ3v) is 2.96. The van der Waals surface area contributed by atoms with Gasteiger partial charge in [-0.1, -0.05) is 17.8 Å². The third kappa shape index (κ3) is 1.76. The van der Waals surface area contributed by atoms with Gasteiger partial charge in [0.25, 0.3) is 0 Å². The molecule has 3 aromatic heterocycles. The molecule has 84 valence electrons. The van der Waals surface area contributed by atoms with Crippen molar-refractivity contribution in [1.82, 2.24) is 24.8 Å². The summed E-state index contributed by atoms with van der Waals surface area (Å²) in [5, 5.41) is 13.3. The fourth-order valence-electron chi connectivity index (χ4n) is 1.55. The number of thioether (sulfide) groups is 1. The van der Waals surface area contributed by atoms with Crippen molar-refractivity contribution in [3.8, 4) is 11.4 Å². The van der Waals surface area contributed by atoms with Gasteiger partial charge in [-0.15, -0.1) is 10.2 Å². The van der Waals surface area contributed by atoms with Crippen LogP contribution in [0.4, 0.5) is 0 Å². The highest BCUT2D eigenvalue weighted by atomic mass is 32.2. The molecule has 0 N–H and O–H groups in total. The Morgan fingerprint density at radius 2 is 2.00 bits per heavy atom. The molecule has 0 spiro atoms. The van der Waals surface area contributed by atoms with E-state index >= 15 is 0 Å². The topological polar surface area (TPSA) is 56.0 Å². The molecule has 0 bridgehead atoms. The van der Waals surface area contributed by atoms with E-state index in [-0.39, 0.29) is 0 Å². The van der Waals surface area contributed by atoms with E-state index in [1.807, 2.05) is 36.6 Å². The summed E-state index contributed by atoms with van der Waals surface area (Å²) in [6.45, 7) is 0. The van der Waals surface area contributed by atoms with Crippen LogP contribution in [0.2, 0.25) is 0 Å². The SMILES string of the molecule is CSc1nnc2ccc(-c3ccccn3)nn12. The monoisotopic (exact) mass is 243 g/mol. The van der Waals surface area contributed by atoms with Crippen LogP contribution in [0.5, 0.6) is 0 Å². The van der Waals surface area contributed by atoms with Crippen LogP contribution in [-0.4, -0.2) is 31.1 Å². The van der Waals surface area contributed by atoms with Gasteiger partial charge < -0.3 is 0 Å². The maximum absolute atomic E-state index is 4.48. The lowest BCUT2D eigenvalue weighted by Gasteiger charge is -2.00. The zero-order chi connectivity index (χ0) is 11.7. The molecular formula is C11H9N5S. The fourth-order valence-corrected chi connectivity index (χ4v) is 1.98. The smallest absolute Gasteiger partial charge is 0.212 e. The lowest BCUT2D eigenvalue weighted by atomic mass is 10.2. The first-order valence-corrected chi connectivity index (χ1v) is 6.29. The molecule has 17 heavy (non-hydrogen) atoms. The molecule has 0 aliphatic rings. The number of pyridine rings is 1. The zero-order valence-electron chi connectivity index (χ0n) is 9.11. The van der Waals surface area contributed by atoms with E-state index < -0.39 is 0 Å². The van der Waals surface area contributed by atoms with Gasteiger partial charge in [-0.05, 0) is 30.5 Å². The first-order valence-electron chi connectivity index (χ1n) is 5.06. The highest BCUT2D eigenvalue weighted by Gasteiger charge is 2.07. The Hall–Kier alpha value is -1.95. The maximum Gasteiger partial charge on any atom is 0.212 e. The lowest BCUT2D eigenvalue weighted by Crippen LogP contribution is -1.96. The van der Waals surface area contributed by atoms with Crippen LogP contribution in [0.15, 0.2) is 41.7 Å². The van der Waals surface area contributed by atoms with E-state index in [9.17, 15) is 0 Å². The van der Waals surface area contributed by atoms with Crippen molar-refractivity contribution in [2.24, 2.45) is 0 Å². The quantitative estimate of drug-likeness (QED) is 0.643. The Morgan fingerprint density at radius 3 is 2.76 bits per heavy atom. The first-order chi connectivity index (χ1) is 8.38. The third-order valence-electron chi connectivity index (χ3n) is 2.34. The van der Waals surface area contributed by atoms with Crippen LogP contribution in [0.3, 0.4) is 0 Å². The van der Waals surface area contributed by atoms with Crippen LogP contribution in [0, 0.1) is 0 Å². The van der Waals surface area contributed by atoms with Crippen LogP contribution in [0.1, 0.15) is 0 Å². The molecule has 0 aliphatic carbocycles. The van der Waals surface area contributed by atoms with Gasteiger partial charge in [0.1, 0.15) is 5.69 Å². The van der Waals surface area contributed by atoms with Crippen LogP contribution < -0.4 is 0 Å². The van der Waals surface area contributed by atoms with Crippen LogP contribution in [0.25, 0.3) is 17.0 Å². The van der Waals surface area contributed by atoms with Crippen LogP contribution >= 0.6 is 11.8 Å². The molecule has 3 aromatic rings. The molecule has 6 heteroatoms. The molecule has 0 radical (unpaired) electrons. The lowest BCUT2D eigenvalue weighted by molar-refractivity contribution is 0.813. The molecule has 0 amide bonds. The predicted molar refractivity (Wildman–Crippen MR) is 65.8 cm³/mol. The molecule has 0 aromatic carbocycles. The van der Waals surface area contributed by atoms with Gasteiger partial charge in [0.15, 0.2) is 5.65 Å². The Balaban J connectivity index is 2.19. The second-order valence-corrected chi connectivity index (χ2v) is 4.16. The van der Waals surface area contributed by atoms with Crippen molar-refractivity contribution < 1.29 is 0 Å². The summed E-state index contributed by atoms with van der Waals surface area (Å²) in [5.41, 5.74) is 2.40. The minimum absolute atomic E-state index is 0.744. The Labute approximate surface area is 102 Å². The molecule has 3 rings (SSSR count). The van der Waals surface area contributed by atoms with Crippen molar-refractivity contribution >= 4 is 17.4 Å². The van der Waals surface area contributed by atoms with Gasteiger partial charge >= 0.3 is 0 Å². The second kappa shape index (κ2) is 4.14. The zero-order valence-corrected chi connectivity index (χ0v) is 9.92. The number of aromatic nitrogens is 5. The van der Waals surface area contributed by atoms with Gasteiger partial charge in [-0.25, -0.2) is 0 Å². The maximum atomic E-state index is 4.48. The highest BCUT2D eigenvalue weighted by Crippen LogP contribution is 2.17. The number of hydrogen-bond acceptors (Lipinski definition) is 5. The van der Waals surface area contributed by atoms with Crippen molar-refractivity contribution in [1.29, 1.82) is 0 Å². The number of rotatable bonds is 2. The standard InChI is InChI=1S/C11H9N5S/c1-17-11-14-13-10-6-5-9(15-16(10)11)8-4-2-3-7-12-8/h2-7H,1H3. The Kier molecular flexibility index (Phi) is 2.49. The largest absolute Gasteiger partial charge is 0.255 e. The molecule has 3 heterocycles. The summed E-state index contributed by atoms with van der Waals surface area (Å²) >= 11 is 1.52. The molecule has 0 fully saturated rings. The molecular weight excluding hydrogens is 234 g/mol. The van der Waals surface area contributed by atoms with Crippen molar-refractivity contribution in [3.63, 3.8) is 0 Å². The summed E-state index contributed by atoms with van der Waals surface area (Å²) in [5.74, 6) is 0. The highest BCUT2D eigenvalue weighted by molar-refractivity contribution is 7.98. The van der Waals surface area contributed by atoms with E-state index in [0.717, 1.165) is 22.2 Å². The van der Waals surface area contributed by atoms with Gasteiger partial charge in [0, 0.05) is 6.20 Å². The van der Waals surface area contributed by atoms with E-state index in [4.69, 9.17) is 0 Å². The molecule has 0 saturated carbocycles. The predicted octanol–water partition coefficient (Wildman–Crippen LogP) is 1.91. The van der Waals surface area contributed by atoms with Crippen molar-refractivity contribution in [3.05, 3.63) is 36.5 Å². The average molecular weight is 243 g/mol. The van der Waals surface area contributed by atoms with Gasteiger partial charge in [0.05, 0.1) is 5.69 Å². The summed E-state index contributed by atoms with van der Waals surface area (Å²) in [4.78, 5) is 4.27. The Morgan fingerprint density at radius 1 is 1.06 bits per heavy atom. The molecule has 0 saturated heterocycles. The summed E-state index contributed by atoms with van der Waals surface area (Å²) < 4.78 is 1.73. The second-order valence-electron chi connectivity index (χ2n) is 3.39. The fraction of sp³-hybridized carbons (Fsp3) is 0.0909. The Bertz CT molecular complexity index is 649. The van der Waals surface area contributed by atoms with Crippen LogP contribution in [-0.2, 0) is 0 Å². The molecule has 0 unspecified atom stereocenters. The number of hydrogen-bond donors (Lipinski definition) is 0. The van der Waals surface area contributed by atoms with E-state index in [2.05, 4.69) is 20.3 Å². The molecule has 5 nitrogen and oxygen atoms in total. The minimum atomic E-state index is 0.744. The van der Waals surface area contributed by atoms with Gasteiger partial charge in [-0.3, -0.25) is 4.98 Å². The summed E-state index contributed by atoms with van der Waals surface area (Å²) in [6, 6.07) is 9.54. The van der Waals surface area contributed by atoms with Crippen molar-refractivity contribution in [2.45, 2.75) is 5.16 Å². The van der Waals surface area contributed by atoms with E-state index in [1.54, 1.807) is 10.7 Å². The molecule has 0 atom stereocenters. The van der Waals surface area contributed by atoms with E-state index in [0.29, 0.717) is 0 Å². The van der Waals surface area contributed by atoms with Gasteiger partial charge in [0.2, 0.25) is 5.16 Å². The van der Waals surface area contributed by atoms with Crippen molar-refractivity contribution in [2.75, 3.05) is 6.26 Å². The number of nitrogens with zero attached hydrogens (tertiary/aromatic N) is 5. The van der Waals surface area contributed by atoms with E-state index in [1.165, 1.54) is 11.8 Å². The average Bonchev–Trinajstić information content (AvgIpc) is 2.81. The first kappa shape index (κ1) is 10.2. The summed E-state index contributed by atoms with van der Waals surface area (Å²) in [6.07, 6.45) is 3.70. The van der Waals surface area contributed by atoms with Gasteiger partial charge in [-0.2, -0.15) is 9.61 Å². The number of fused-ring (bicyclic) bond motifs is 1. The normalized spacial score (nSPS) is 10.9. The summed E-state index contributed by atoms with van der Waals surface area (Å²) in [7, 11) is 0. The molecule has 0 aliphatic heterocycles. The minimum Gasteiger partial charge on any atom is -0.255 e.